The van der Waals surface area contributed by atoms with Crippen molar-refractivity contribution in [2.45, 2.75) is 30.6 Å². The summed E-state index contributed by atoms with van der Waals surface area (Å²) >= 11 is 3.29. The van der Waals surface area contributed by atoms with Crippen LogP contribution in [0.4, 0.5) is 0 Å². The molecule has 0 aliphatic heterocycles. The number of hydrogen-bond acceptors (Lipinski definition) is 3. The fraction of sp³-hybridized carbons (Fsp3) is 0.500. The van der Waals surface area contributed by atoms with Gasteiger partial charge in [0.15, 0.2) is 0 Å². The molecule has 1 aromatic carbocycles. The lowest BCUT2D eigenvalue weighted by atomic mass is 9.90. The third kappa shape index (κ3) is 3.58. The number of hydrogen-bond donors (Lipinski definition) is 0. The van der Waals surface area contributed by atoms with E-state index in [1.54, 1.807) is 24.3 Å². The zero-order valence-electron chi connectivity index (χ0n) is 11.7. The van der Waals surface area contributed by atoms with Crippen LogP contribution in [0, 0.1) is 17.8 Å². The molecule has 3 rings (SSSR count). The Bertz CT molecular complexity index is 621. The van der Waals surface area contributed by atoms with E-state index in [1.807, 2.05) is 0 Å². The lowest BCUT2D eigenvalue weighted by Crippen LogP contribution is -2.11. The summed E-state index contributed by atoms with van der Waals surface area (Å²) in [7, 11) is -3.62. The number of rotatable bonds is 6. The monoisotopic (exact) mass is 370 g/mol. The van der Waals surface area contributed by atoms with E-state index in [2.05, 4.69) is 28.1 Å². The molecule has 0 N–H and O–H groups in total. The largest absolute Gasteiger partial charge is 0.296 e. The van der Waals surface area contributed by atoms with Crippen molar-refractivity contribution >= 4 is 26.0 Å². The summed E-state index contributed by atoms with van der Waals surface area (Å²) in [6.07, 6.45) is 9.08. The van der Waals surface area contributed by atoms with E-state index < -0.39 is 10.1 Å². The molecule has 1 aromatic rings. The summed E-state index contributed by atoms with van der Waals surface area (Å²) in [5.41, 5.74) is 0. The Morgan fingerprint density at radius 1 is 1.14 bits per heavy atom. The molecule has 0 spiro atoms. The molecular weight excluding hydrogens is 352 g/mol. The van der Waals surface area contributed by atoms with Crippen molar-refractivity contribution in [3.05, 3.63) is 40.9 Å². The summed E-state index contributed by atoms with van der Waals surface area (Å²) < 4.78 is 30.0. The van der Waals surface area contributed by atoms with Gasteiger partial charge in [-0.25, -0.2) is 0 Å². The van der Waals surface area contributed by atoms with E-state index >= 15 is 0 Å². The average molecular weight is 371 g/mol. The minimum absolute atomic E-state index is 0.216. The van der Waals surface area contributed by atoms with Crippen molar-refractivity contribution in [3.63, 3.8) is 0 Å². The normalized spacial score (nSPS) is 27.4. The molecule has 2 aliphatic carbocycles. The van der Waals surface area contributed by atoms with Crippen molar-refractivity contribution in [2.75, 3.05) is 6.61 Å². The van der Waals surface area contributed by atoms with Crippen molar-refractivity contribution in [2.24, 2.45) is 17.8 Å². The third-order valence-electron chi connectivity index (χ3n) is 4.48. The molecular formula is C16H19BrO3S. The zero-order chi connectivity index (χ0) is 14.9. The first-order valence-electron chi connectivity index (χ1n) is 7.38. The van der Waals surface area contributed by atoms with Gasteiger partial charge in [-0.1, -0.05) is 28.1 Å². The Balaban J connectivity index is 1.46. The first-order chi connectivity index (χ1) is 10.0. The maximum atomic E-state index is 12.0. The molecule has 5 heteroatoms. The predicted molar refractivity (Wildman–Crippen MR) is 85.4 cm³/mol. The standard InChI is InChI=1S/C16H19BrO3S/c17-15-5-7-16(8-6-15)21(18,19)20-9-1-2-13-10-12-3-4-14(13)11-12/h3-8,12-14H,1-2,9-11H2/t12-,13-,14-/m0/s1. The van der Waals surface area contributed by atoms with Gasteiger partial charge in [-0.2, -0.15) is 8.42 Å². The second kappa shape index (κ2) is 6.23. The number of fused-ring (bicyclic) bond motifs is 2. The molecule has 3 atom stereocenters. The Morgan fingerprint density at radius 3 is 2.52 bits per heavy atom. The lowest BCUT2D eigenvalue weighted by molar-refractivity contribution is 0.286. The molecule has 0 unspecified atom stereocenters. The van der Waals surface area contributed by atoms with Gasteiger partial charge >= 0.3 is 0 Å². The molecule has 3 nitrogen and oxygen atoms in total. The minimum Gasteiger partial charge on any atom is -0.266 e. The van der Waals surface area contributed by atoms with Crippen molar-refractivity contribution < 1.29 is 12.6 Å². The van der Waals surface area contributed by atoms with E-state index in [9.17, 15) is 8.42 Å². The average Bonchev–Trinajstić information content (AvgIpc) is 3.06. The van der Waals surface area contributed by atoms with Gasteiger partial charge in [0.1, 0.15) is 0 Å². The molecule has 0 heterocycles. The first-order valence-corrected chi connectivity index (χ1v) is 9.58. The van der Waals surface area contributed by atoms with Crippen molar-refractivity contribution in [3.8, 4) is 0 Å². The van der Waals surface area contributed by atoms with Crippen LogP contribution in [0.3, 0.4) is 0 Å². The molecule has 0 aromatic heterocycles. The summed E-state index contributed by atoms with van der Waals surface area (Å²) in [4.78, 5) is 0.216. The Kier molecular flexibility index (Phi) is 4.52. The van der Waals surface area contributed by atoms with Crippen LogP contribution in [0.1, 0.15) is 25.7 Å². The highest BCUT2D eigenvalue weighted by Gasteiger charge is 2.34. The summed E-state index contributed by atoms with van der Waals surface area (Å²) in [5, 5.41) is 0. The van der Waals surface area contributed by atoms with Crippen LogP contribution in [0.15, 0.2) is 45.8 Å². The molecule has 0 radical (unpaired) electrons. The van der Waals surface area contributed by atoms with Gasteiger partial charge < -0.3 is 0 Å². The topological polar surface area (TPSA) is 43.4 Å². The Hall–Kier alpha value is -0.650. The van der Waals surface area contributed by atoms with Gasteiger partial charge in [0, 0.05) is 4.47 Å². The highest BCUT2D eigenvalue weighted by molar-refractivity contribution is 9.10. The van der Waals surface area contributed by atoms with E-state index in [0.717, 1.165) is 35.1 Å². The second-order valence-corrected chi connectivity index (χ2v) is 8.44. The molecule has 2 aliphatic rings. The van der Waals surface area contributed by atoms with Crippen LogP contribution in [-0.4, -0.2) is 15.0 Å². The molecule has 0 saturated heterocycles. The molecule has 21 heavy (non-hydrogen) atoms. The van der Waals surface area contributed by atoms with Gasteiger partial charge in [-0.3, -0.25) is 4.18 Å². The highest BCUT2D eigenvalue weighted by Crippen LogP contribution is 2.45. The van der Waals surface area contributed by atoms with E-state index in [-0.39, 0.29) is 11.5 Å². The Labute approximate surface area is 134 Å². The highest BCUT2D eigenvalue weighted by atomic mass is 79.9. The minimum atomic E-state index is -3.62. The van der Waals surface area contributed by atoms with Gasteiger partial charge in [-0.15, -0.1) is 0 Å². The van der Waals surface area contributed by atoms with Crippen molar-refractivity contribution in [1.82, 2.24) is 0 Å². The van der Waals surface area contributed by atoms with Gasteiger partial charge in [0.2, 0.25) is 0 Å². The fourth-order valence-electron chi connectivity index (χ4n) is 3.41. The smallest absolute Gasteiger partial charge is 0.266 e. The molecule has 114 valence electrons. The molecule has 1 fully saturated rings. The summed E-state index contributed by atoms with van der Waals surface area (Å²) in [6.45, 7) is 0.274. The molecule has 2 bridgehead atoms. The van der Waals surface area contributed by atoms with Gasteiger partial charge in [-0.05, 0) is 67.7 Å². The predicted octanol–water partition coefficient (Wildman–Crippen LogP) is 4.15. The van der Waals surface area contributed by atoms with Crippen LogP contribution in [0.2, 0.25) is 0 Å². The van der Waals surface area contributed by atoms with Crippen LogP contribution in [-0.2, 0) is 14.3 Å². The lowest BCUT2D eigenvalue weighted by Gasteiger charge is -2.17. The third-order valence-corrected chi connectivity index (χ3v) is 6.33. The van der Waals surface area contributed by atoms with Gasteiger partial charge in [0.25, 0.3) is 10.1 Å². The maximum Gasteiger partial charge on any atom is 0.296 e. The summed E-state index contributed by atoms with van der Waals surface area (Å²) in [6, 6.07) is 6.52. The Morgan fingerprint density at radius 2 is 1.90 bits per heavy atom. The van der Waals surface area contributed by atoms with E-state index in [0.29, 0.717) is 0 Å². The van der Waals surface area contributed by atoms with Crippen LogP contribution < -0.4 is 0 Å². The van der Waals surface area contributed by atoms with E-state index in [4.69, 9.17) is 4.18 Å². The molecule has 1 saturated carbocycles. The number of allylic oxidation sites excluding steroid dienone is 2. The number of benzene rings is 1. The number of halogens is 1. The quantitative estimate of drug-likeness (QED) is 0.429. The van der Waals surface area contributed by atoms with Crippen LogP contribution >= 0.6 is 15.9 Å². The van der Waals surface area contributed by atoms with Crippen LogP contribution in [0.25, 0.3) is 0 Å². The van der Waals surface area contributed by atoms with Gasteiger partial charge in [0.05, 0.1) is 11.5 Å². The molecule has 0 amide bonds. The first kappa shape index (κ1) is 15.3. The van der Waals surface area contributed by atoms with Crippen LogP contribution in [0.5, 0.6) is 0 Å². The zero-order valence-corrected chi connectivity index (χ0v) is 14.1. The SMILES string of the molecule is O=S(=O)(OCCC[C@H]1C[C@@H]2C=C[C@H]1C2)c1ccc(Br)cc1. The summed E-state index contributed by atoms with van der Waals surface area (Å²) in [5.74, 6) is 2.21. The fourth-order valence-corrected chi connectivity index (χ4v) is 4.62. The van der Waals surface area contributed by atoms with Crippen molar-refractivity contribution in [1.29, 1.82) is 0 Å². The van der Waals surface area contributed by atoms with E-state index in [1.165, 1.54) is 12.8 Å². The second-order valence-electron chi connectivity index (χ2n) is 5.91. The maximum absolute atomic E-state index is 12.0.